The van der Waals surface area contributed by atoms with Crippen LogP contribution in [0, 0.1) is 38.2 Å². The molecule has 0 aromatic heterocycles. The van der Waals surface area contributed by atoms with Crippen molar-refractivity contribution in [3.05, 3.63) is 0 Å². The summed E-state index contributed by atoms with van der Waals surface area (Å²) in [6.07, 6.45) is 34.4. The summed E-state index contributed by atoms with van der Waals surface area (Å²) < 4.78 is 0. The van der Waals surface area contributed by atoms with E-state index in [2.05, 4.69) is 20.8 Å². The van der Waals surface area contributed by atoms with Crippen LogP contribution in [-0.2, 0) is 14.4 Å². The van der Waals surface area contributed by atoms with Crippen LogP contribution < -0.4 is 0 Å². The Morgan fingerprint density at radius 2 is 0.442 bits per heavy atom. The first-order valence-corrected chi connectivity index (χ1v) is 18.0. The molecule has 0 rings (SSSR count). The average Bonchev–Trinajstić information content (AvgIpc) is 2.95. The zero-order chi connectivity index (χ0) is 31.9. The van der Waals surface area contributed by atoms with E-state index >= 15 is 0 Å². The summed E-state index contributed by atoms with van der Waals surface area (Å²) in [6, 6.07) is 0. The van der Waals surface area contributed by atoms with Gasteiger partial charge in [0.05, 0.1) is 0 Å². The molecule has 6 nitrogen and oxygen atoms in total. The van der Waals surface area contributed by atoms with Crippen LogP contribution >= 0.6 is 0 Å². The molecule has 43 heavy (non-hydrogen) atoms. The van der Waals surface area contributed by atoms with E-state index in [-0.39, 0.29) is 38.2 Å². The number of carboxylic acid groups (broad SMARTS) is 3. The van der Waals surface area contributed by atoms with Gasteiger partial charge < -0.3 is 15.3 Å². The molecule has 0 amide bonds. The zero-order valence-corrected chi connectivity index (χ0v) is 30.6. The second-order valence-electron chi connectivity index (χ2n) is 11.9. The van der Waals surface area contributed by atoms with Crippen molar-refractivity contribution in [2.75, 3.05) is 0 Å². The second-order valence-corrected chi connectivity index (χ2v) is 11.9. The van der Waals surface area contributed by atoms with Gasteiger partial charge >= 0.3 is 17.9 Å². The first-order valence-electron chi connectivity index (χ1n) is 18.0. The number of aliphatic carboxylic acids is 3. The molecule has 0 bridgehead atoms. The van der Waals surface area contributed by atoms with Crippen LogP contribution in [0.15, 0.2) is 0 Å². The minimum absolute atomic E-state index is 0. The van der Waals surface area contributed by atoms with Crippen LogP contribution in [0.3, 0.4) is 0 Å². The van der Waals surface area contributed by atoms with Gasteiger partial charge in [-0.1, -0.05) is 175 Å². The number of unbranched alkanes of at least 4 members (excludes halogenated alkanes) is 24. The van der Waals surface area contributed by atoms with Crippen molar-refractivity contribution in [3.8, 4) is 0 Å². The van der Waals surface area contributed by atoms with E-state index in [4.69, 9.17) is 15.3 Å². The van der Waals surface area contributed by atoms with Crippen molar-refractivity contribution in [1.29, 1.82) is 0 Å². The van der Waals surface area contributed by atoms with E-state index in [0.29, 0.717) is 19.3 Å². The third-order valence-electron chi connectivity index (χ3n) is 7.48. The Labute approximate surface area is 297 Å². The first-order chi connectivity index (χ1) is 20.3. The van der Waals surface area contributed by atoms with Crippen LogP contribution in [-0.4, -0.2) is 33.2 Å². The third kappa shape index (κ3) is 61.5. The van der Waals surface area contributed by atoms with Gasteiger partial charge in [-0.3, -0.25) is 14.4 Å². The first kappa shape index (κ1) is 49.6. The van der Waals surface area contributed by atoms with Crippen molar-refractivity contribution < 1.29 is 67.9 Å². The van der Waals surface area contributed by atoms with Crippen molar-refractivity contribution >= 4 is 17.9 Å². The molecule has 0 aliphatic heterocycles. The predicted octanol–water partition coefficient (Wildman–Crippen LogP) is 12.0. The molecule has 7 heteroatoms. The summed E-state index contributed by atoms with van der Waals surface area (Å²) in [7, 11) is 0. The van der Waals surface area contributed by atoms with E-state index in [1.165, 1.54) is 135 Å². The van der Waals surface area contributed by atoms with Crippen molar-refractivity contribution in [2.24, 2.45) is 0 Å². The van der Waals surface area contributed by atoms with E-state index in [1.807, 2.05) is 0 Å². The smallest absolute Gasteiger partial charge is 0.303 e. The maximum absolute atomic E-state index is 10.2. The van der Waals surface area contributed by atoms with E-state index in [1.54, 1.807) is 0 Å². The van der Waals surface area contributed by atoms with Gasteiger partial charge in [0.1, 0.15) is 0 Å². The van der Waals surface area contributed by atoms with E-state index < -0.39 is 17.9 Å². The Morgan fingerprint density at radius 1 is 0.302 bits per heavy atom. The largest absolute Gasteiger partial charge is 0.481 e. The molecule has 0 saturated carbocycles. The van der Waals surface area contributed by atoms with E-state index in [9.17, 15) is 14.4 Å². The fraction of sp³-hybridized carbons (Fsp3) is 0.917. The van der Waals surface area contributed by atoms with Crippen molar-refractivity contribution in [2.45, 2.75) is 213 Å². The minimum Gasteiger partial charge on any atom is -0.481 e. The van der Waals surface area contributed by atoms with Crippen LogP contribution in [0.25, 0.3) is 0 Å². The molecular weight excluding hydrogens is 691 g/mol. The van der Waals surface area contributed by atoms with Gasteiger partial charge in [-0.2, -0.15) is 0 Å². The van der Waals surface area contributed by atoms with Gasteiger partial charge in [0.2, 0.25) is 0 Å². The van der Waals surface area contributed by atoms with Gasteiger partial charge in [0.25, 0.3) is 0 Å². The average molecular weight is 763 g/mol. The molecule has 0 saturated heterocycles. The molecule has 0 fully saturated rings. The second kappa shape index (κ2) is 46.1. The Morgan fingerprint density at radius 3 is 0.581 bits per heavy atom. The summed E-state index contributed by atoms with van der Waals surface area (Å²) in [6.45, 7) is 6.68. The van der Waals surface area contributed by atoms with Crippen molar-refractivity contribution in [1.82, 2.24) is 0 Å². The summed E-state index contributed by atoms with van der Waals surface area (Å²) in [5.74, 6) is -1.98. The Bertz CT molecular complexity index is 480. The van der Waals surface area contributed by atoms with Gasteiger partial charge in [0, 0.05) is 57.4 Å². The van der Waals surface area contributed by atoms with Gasteiger partial charge in [-0.05, 0) is 19.3 Å². The van der Waals surface area contributed by atoms with Gasteiger partial charge in [-0.25, -0.2) is 0 Å². The summed E-state index contributed by atoms with van der Waals surface area (Å²) in [5, 5.41) is 25.2. The number of carbonyl (C=O) groups is 3. The molecule has 0 aliphatic carbocycles. The molecule has 0 atom stereocenters. The fourth-order valence-corrected chi connectivity index (χ4v) is 4.76. The van der Waals surface area contributed by atoms with Crippen molar-refractivity contribution in [3.63, 3.8) is 0 Å². The Balaban J connectivity index is -0.000000262. The molecule has 262 valence electrons. The molecule has 0 unspecified atom stereocenters. The maximum Gasteiger partial charge on any atom is 0.303 e. The third-order valence-corrected chi connectivity index (χ3v) is 7.48. The number of hydrogen-bond donors (Lipinski definition) is 3. The van der Waals surface area contributed by atoms with Crippen LogP contribution in [0.1, 0.15) is 213 Å². The molecular formula is C36H72DyO6. The van der Waals surface area contributed by atoms with Crippen LogP contribution in [0.2, 0.25) is 0 Å². The molecule has 0 heterocycles. The number of hydrogen-bond acceptors (Lipinski definition) is 3. The molecule has 0 radical (unpaired) electrons. The van der Waals surface area contributed by atoms with Gasteiger partial charge in [-0.15, -0.1) is 0 Å². The fourth-order valence-electron chi connectivity index (χ4n) is 4.76. The molecule has 3 N–H and O–H groups in total. The normalized spacial score (nSPS) is 10.1. The monoisotopic (exact) mass is 764 g/mol. The quantitative estimate of drug-likeness (QED) is 0.0628. The SMILES string of the molecule is CCCCCCCCCCCC(=O)O.CCCCCCCCCCCC(=O)O.CCCCCCCCCCCC(=O)O.[Dy]. The maximum atomic E-state index is 10.2. The predicted molar refractivity (Wildman–Crippen MR) is 178 cm³/mol. The molecule has 0 spiro atoms. The summed E-state index contributed by atoms with van der Waals surface area (Å²) in [5.41, 5.74) is 0. The topological polar surface area (TPSA) is 112 Å². The van der Waals surface area contributed by atoms with Crippen LogP contribution in [0.4, 0.5) is 0 Å². The minimum atomic E-state index is -0.659. The summed E-state index contributed by atoms with van der Waals surface area (Å²) in [4.78, 5) is 30.6. The number of carboxylic acids is 3. The zero-order valence-electron chi connectivity index (χ0n) is 28.6. The van der Waals surface area contributed by atoms with Crippen LogP contribution in [0.5, 0.6) is 0 Å². The molecule has 0 aromatic carbocycles. The standard InChI is InChI=1S/3C12H24O2.Dy/c3*1-2-3-4-5-6-7-8-9-10-11-12(13)14;/h3*2-11H2,1H3,(H,13,14);. The summed E-state index contributed by atoms with van der Waals surface area (Å²) >= 11 is 0. The van der Waals surface area contributed by atoms with E-state index in [0.717, 1.165) is 38.5 Å². The Hall–Kier alpha value is -0.317. The Kier molecular flexibility index (Phi) is 53.1. The number of rotatable bonds is 30. The molecule has 0 aliphatic rings. The van der Waals surface area contributed by atoms with Gasteiger partial charge in [0.15, 0.2) is 0 Å². The molecule has 0 aromatic rings.